The van der Waals surface area contributed by atoms with Crippen molar-refractivity contribution < 1.29 is 28.7 Å². The average Bonchev–Trinajstić information content (AvgIpc) is 3.67. The number of esters is 1. The van der Waals surface area contributed by atoms with Crippen molar-refractivity contribution in [2.75, 3.05) is 6.54 Å². The molecule has 1 heterocycles. The average molecular weight is 589 g/mol. The molecule has 41 heavy (non-hydrogen) atoms. The number of benzene rings is 3. The van der Waals surface area contributed by atoms with Crippen LogP contribution in [0.2, 0.25) is 10.0 Å². The van der Waals surface area contributed by atoms with Crippen LogP contribution in [0, 0.1) is 23.7 Å². The monoisotopic (exact) mass is 588 g/mol. The summed E-state index contributed by atoms with van der Waals surface area (Å²) >= 11 is 12.2. The van der Waals surface area contributed by atoms with E-state index in [-0.39, 0.29) is 38.8 Å². The van der Waals surface area contributed by atoms with Crippen molar-refractivity contribution in [2.45, 2.75) is 6.42 Å². The second-order valence-electron chi connectivity index (χ2n) is 10.2. The van der Waals surface area contributed by atoms with Gasteiger partial charge in [0.2, 0.25) is 0 Å². The fraction of sp³-hybridized carbons (Fsp3) is 0.194. The smallest absolute Gasteiger partial charge is 0.343 e. The molecule has 1 saturated carbocycles. The van der Waals surface area contributed by atoms with E-state index in [0.29, 0.717) is 5.56 Å². The predicted molar refractivity (Wildman–Crippen MR) is 149 cm³/mol. The second kappa shape index (κ2) is 10.6. The lowest BCUT2D eigenvalue weighted by molar-refractivity contribution is -0.154. The molecule has 10 heteroatoms. The molecule has 3 aliphatic rings. The number of ketones is 1. The third-order valence-electron chi connectivity index (χ3n) is 7.78. The number of hydrogen-bond donors (Lipinski definition) is 0. The Morgan fingerprint density at radius 1 is 0.780 bits per heavy atom. The number of allylic oxidation sites excluding steroid dienone is 2. The number of carbonyl (C=O) groups is 5. The quantitative estimate of drug-likeness (QED) is 0.123. The van der Waals surface area contributed by atoms with Crippen molar-refractivity contribution in [1.82, 2.24) is 10.0 Å². The lowest BCUT2D eigenvalue weighted by Crippen LogP contribution is -2.52. The first kappa shape index (κ1) is 26.9. The fourth-order valence-electron chi connectivity index (χ4n) is 5.81. The molecule has 3 aromatic carbocycles. The molecule has 8 nitrogen and oxygen atoms in total. The van der Waals surface area contributed by atoms with E-state index in [1.54, 1.807) is 30.3 Å². The number of hydrazine groups is 1. The van der Waals surface area contributed by atoms with E-state index in [0.717, 1.165) is 16.4 Å². The highest BCUT2D eigenvalue weighted by Gasteiger charge is 2.61. The number of carbonyl (C=O) groups excluding carboxylic acids is 5. The molecule has 1 aliphatic heterocycles. The molecule has 0 radical (unpaired) electrons. The van der Waals surface area contributed by atoms with Crippen molar-refractivity contribution in [3.8, 4) is 5.75 Å². The molecule has 0 unspecified atom stereocenters. The Hall–Kier alpha value is -4.27. The molecule has 6 rings (SSSR count). The highest BCUT2D eigenvalue weighted by Crippen LogP contribution is 2.52. The topological polar surface area (TPSA) is 101 Å². The highest BCUT2D eigenvalue weighted by atomic mass is 35.5. The van der Waals surface area contributed by atoms with Gasteiger partial charge in [-0.3, -0.25) is 19.2 Å². The summed E-state index contributed by atoms with van der Waals surface area (Å²) in [6.45, 7) is -0.581. The molecule has 3 aromatic rings. The first-order valence-corrected chi connectivity index (χ1v) is 13.7. The van der Waals surface area contributed by atoms with Crippen molar-refractivity contribution in [2.24, 2.45) is 23.7 Å². The Kier molecular flexibility index (Phi) is 6.97. The van der Waals surface area contributed by atoms with E-state index in [4.69, 9.17) is 27.9 Å². The minimum absolute atomic E-state index is 0.0640. The summed E-state index contributed by atoms with van der Waals surface area (Å²) in [7, 11) is 0. The van der Waals surface area contributed by atoms with E-state index in [1.165, 1.54) is 42.5 Å². The van der Waals surface area contributed by atoms with Crippen LogP contribution in [0.4, 0.5) is 0 Å². The largest absolute Gasteiger partial charge is 0.423 e. The molecule has 4 atom stereocenters. The maximum Gasteiger partial charge on any atom is 0.343 e. The molecular formula is C31H22Cl2N2O6. The number of nitrogens with zero attached hydrogens (tertiary/aromatic N) is 2. The molecule has 3 amide bonds. The normalized spacial score (nSPS) is 22.1. The second-order valence-corrected chi connectivity index (χ2v) is 11.0. The summed E-state index contributed by atoms with van der Waals surface area (Å²) in [5, 5.41) is 2.07. The van der Waals surface area contributed by atoms with Gasteiger partial charge < -0.3 is 4.74 Å². The zero-order valence-corrected chi connectivity index (χ0v) is 22.9. The molecule has 0 spiro atoms. The van der Waals surface area contributed by atoms with E-state index in [9.17, 15) is 24.0 Å². The maximum absolute atomic E-state index is 13.7. The van der Waals surface area contributed by atoms with Crippen LogP contribution in [0.15, 0.2) is 84.9 Å². The van der Waals surface area contributed by atoms with Gasteiger partial charge in [0.25, 0.3) is 17.7 Å². The minimum Gasteiger partial charge on any atom is -0.423 e. The Morgan fingerprint density at radius 2 is 1.39 bits per heavy atom. The summed E-state index contributed by atoms with van der Waals surface area (Å²) in [6.07, 6.45) is 4.62. The molecule has 2 fully saturated rings. The van der Waals surface area contributed by atoms with Gasteiger partial charge in [0.1, 0.15) is 12.3 Å². The number of imide groups is 1. The molecule has 0 N–H and O–H groups in total. The van der Waals surface area contributed by atoms with Gasteiger partial charge in [-0.15, -0.1) is 0 Å². The Balaban J connectivity index is 1.25. The van der Waals surface area contributed by atoms with Crippen LogP contribution >= 0.6 is 23.2 Å². The van der Waals surface area contributed by atoms with Crippen LogP contribution in [-0.4, -0.2) is 46.0 Å². The first-order valence-electron chi connectivity index (χ1n) is 13.0. The molecule has 1 saturated heterocycles. The minimum atomic E-state index is -0.743. The van der Waals surface area contributed by atoms with E-state index < -0.39 is 47.9 Å². The Morgan fingerprint density at radius 3 is 2.00 bits per heavy atom. The number of Topliss-reactive ketones (excluding diaryl/α,β-unsaturated/α-hetero) is 1. The van der Waals surface area contributed by atoms with E-state index in [1.807, 2.05) is 12.2 Å². The fourth-order valence-corrected chi connectivity index (χ4v) is 6.11. The van der Waals surface area contributed by atoms with Gasteiger partial charge in [0.05, 0.1) is 27.4 Å². The van der Waals surface area contributed by atoms with Crippen LogP contribution < -0.4 is 4.74 Å². The van der Waals surface area contributed by atoms with Gasteiger partial charge in [0, 0.05) is 11.1 Å². The van der Waals surface area contributed by atoms with Gasteiger partial charge >= 0.3 is 5.97 Å². The summed E-state index contributed by atoms with van der Waals surface area (Å²) in [4.78, 5) is 66.6. The molecule has 206 valence electrons. The Labute approximate surface area is 245 Å². The maximum atomic E-state index is 13.7. The third kappa shape index (κ3) is 4.83. The SMILES string of the molecule is O=C(CN(C(=O)c1ccc(Cl)c(Cl)c1)N1C(=O)[C@H]2[C@H](C1=O)[C@H]1C=C[C@H]2C1)c1ccc(OC(=O)c2ccccc2)cc1. The van der Waals surface area contributed by atoms with Gasteiger partial charge in [0.15, 0.2) is 5.78 Å². The van der Waals surface area contributed by atoms with Crippen molar-refractivity contribution in [3.05, 3.63) is 112 Å². The summed E-state index contributed by atoms with van der Waals surface area (Å²) in [5.74, 6) is -3.87. The number of halogens is 2. The van der Waals surface area contributed by atoms with Crippen molar-refractivity contribution in [1.29, 1.82) is 0 Å². The van der Waals surface area contributed by atoms with Gasteiger partial charge in [-0.05, 0) is 72.9 Å². The molecule has 0 aromatic heterocycles. The third-order valence-corrected chi connectivity index (χ3v) is 8.52. The summed E-state index contributed by atoms with van der Waals surface area (Å²) < 4.78 is 5.37. The highest BCUT2D eigenvalue weighted by molar-refractivity contribution is 6.42. The van der Waals surface area contributed by atoms with Crippen LogP contribution in [0.5, 0.6) is 5.75 Å². The van der Waals surface area contributed by atoms with Gasteiger partial charge in [-0.25, -0.2) is 9.80 Å². The number of amides is 3. The van der Waals surface area contributed by atoms with Crippen LogP contribution in [0.3, 0.4) is 0 Å². The van der Waals surface area contributed by atoms with E-state index >= 15 is 0 Å². The van der Waals surface area contributed by atoms with Gasteiger partial charge in [-0.2, -0.15) is 5.01 Å². The molecule has 2 aliphatic carbocycles. The van der Waals surface area contributed by atoms with Gasteiger partial charge in [-0.1, -0.05) is 53.6 Å². The number of ether oxygens (including phenoxy) is 1. The number of rotatable bonds is 7. The van der Waals surface area contributed by atoms with Crippen molar-refractivity contribution in [3.63, 3.8) is 0 Å². The Bertz CT molecular complexity index is 1590. The molecule has 2 bridgehead atoms. The first-order chi connectivity index (χ1) is 19.7. The number of hydrogen-bond acceptors (Lipinski definition) is 6. The lowest BCUT2D eigenvalue weighted by atomic mass is 9.85. The number of fused-ring (bicyclic) bond motifs is 5. The van der Waals surface area contributed by atoms with Crippen LogP contribution in [0.1, 0.15) is 37.5 Å². The predicted octanol–water partition coefficient (Wildman–Crippen LogP) is 5.26. The zero-order chi connectivity index (χ0) is 28.8. The standard InChI is InChI=1S/C31H22Cl2N2O6/c32-23-13-10-21(15-24(23)33)28(37)34(35-29(38)26-19-6-7-20(14-19)27(26)30(35)39)16-25(36)17-8-11-22(12-9-17)41-31(40)18-4-2-1-3-5-18/h1-13,15,19-20,26-27H,14,16H2/t19-,20-,26+,27+/m0/s1. The zero-order valence-electron chi connectivity index (χ0n) is 21.4. The molecular weight excluding hydrogens is 567 g/mol. The van der Waals surface area contributed by atoms with E-state index in [2.05, 4.69) is 0 Å². The lowest BCUT2D eigenvalue weighted by Gasteiger charge is -2.31. The van der Waals surface area contributed by atoms with Crippen LogP contribution in [-0.2, 0) is 9.59 Å². The van der Waals surface area contributed by atoms with Crippen molar-refractivity contribution >= 4 is 52.7 Å². The summed E-state index contributed by atoms with van der Waals surface area (Å²) in [6, 6.07) is 18.4. The van der Waals surface area contributed by atoms with Crippen LogP contribution in [0.25, 0.3) is 0 Å². The summed E-state index contributed by atoms with van der Waals surface area (Å²) in [5.41, 5.74) is 0.629.